The fraction of sp³-hybridized carbons (Fsp3) is 0.438. The minimum Gasteiger partial charge on any atom is -0.343 e. The van der Waals surface area contributed by atoms with E-state index in [0.29, 0.717) is 29.7 Å². The molecule has 3 aromatic rings. The van der Waals surface area contributed by atoms with Crippen molar-refractivity contribution in [3.05, 3.63) is 35.5 Å². The molecule has 0 radical (unpaired) electrons. The molecule has 0 unspecified atom stereocenters. The highest BCUT2D eigenvalue weighted by atomic mass is 32.1. The van der Waals surface area contributed by atoms with Gasteiger partial charge in [-0.3, -0.25) is 4.79 Å². The van der Waals surface area contributed by atoms with Gasteiger partial charge in [0.1, 0.15) is 11.0 Å². The minimum absolute atomic E-state index is 0.0715. The van der Waals surface area contributed by atoms with Gasteiger partial charge in [-0.05, 0) is 31.0 Å². The zero-order chi connectivity index (χ0) is 18.1. The Kier molecular flexibility index (Phi) is 4.35. The van der Waals surface area contributed by atoms with Crippen LogP contribution in [-0.4, -0.2) is 30.7 Å². The molecule has 2 heterocycles. The summed E-state index contributed by atoms with van der Waals surface area (Å²) in [4.78, 5) is 16.5. The Morgan fingerprint density at radius 1 is 1.27 bits per heavy atom. The molecule has 7 nitrogen and oxygen atoms in total. The van der Waals surface area contributed by atoms with Crippen molar-refractivity contribution >= 4 is 28.7 Å². The van der Waals surface area contributed by atoms with Crippen molar-refractivity contribution < 1.29 is 18.1 Å². The number of alkyl halides is 2. The lowest BCUT2D eigenvalue weighted by molar-refractivity contribution is -0.0389. The zero-order valence-corrected chi connectivity index (χ0v) is 14.4. The quantitative estimate of drug-likeness (QED) is 0.748. The van der Waals surface area contributed by atoms with Gasteiger partial charge in [-0.1, -0.05) is 5.16 Å². The summed E-state index contributed by atoms with van der Waals surface area (Å²) >= 11 is 1.09. The van der Waals surface area contributed by atoms with Crippen LogP contribution in [-0.2, 0) is 6.54 Å². The molecule has 1 saturated carbocycles. The highest BCUT2D eigenvalue weighted by Crippen LogP contribution is 2.39. The molecular formula is C16H15F2N5O2S. The van der Waals surface area contributed by atoms with E-state index in [1.165, 1.54) is 0 Å². The first-order chi connectivity index (χ1) is 12.5. The number of nitrogens with zero attached hydrogens (tertiary/aromatic N) is 4. The molecule has 26 heavy (non-hydrogen) atoms. The lowest BCUT2D eigenvalue weighted by Gasteiger charge is -2.26. The molecule has 2 aromatic heterocycles. The average molecular weight is 379 g/mol. The van der Waals surface area contributed by atoms with E-state index >= 15 is 0 Å². The van der Waals surface area contributed by atoms with E-state index < -0.39 is 5.92 Å². The molecule has 0 atom stereocenters. The van der Waals surface area contributed by atoms with E-state index in [0.717, 1.165) is 17.2 Å². The molecule has 1 amide bonds. The van der Waals surface area contributed by atoms with Gasteiger partial charge in [0.05, 0.1) is 18.3 Å². The van der Waals surface area contributed by atoms with Crippen molar-refractivity contribution in [2.45, 2.75) is 44.1 Å². The van der Waals surface area contributed by atoms with Gasteiger partial charge in [0, 0.05) is 24.3 Å². The fourth-order valence-corrected chi connectivity index (χ4v) is 3.50. The van der Waals surface area contributed by atoms with Crippen molar-refractivity contribution in [1.82, 2.24) is 24.2 Å². The second-order valence-corrected chi connectivity index (χ2v) is 6.86. The summed E-state index contributed by atoms with van der Waals surface area (Å²) < 4.78 is 39.8. The SMILES string of the molecule is O=C(NCc1nc(C2CCC(F)(F)CC2)no1)c1ccc2nsnc2c1. The van der Waals surface area contributed by atoms with Crippen molar-refractivity contribution in [3.63, 3.8) is 0 Å². The Morgan fingerprint density at radius 3 is 2.85 bits per heavy atom. The third-order valence-corrected chi connectivity index (χ3v) is 5.04. The standard InChI is InChI=1S/C16H15F2N5O2S/c17-16(18)5-3-9(4-6-16)14-20-13(25-21-14)8-19-15(24)10-1-2-11-12(7-10)23-26-22-11/h1-2,7,9H,3-6,8H2,(H,19,24). The number of nitrogens with one attached hydrogen (secondary N) is 1. The number of fused-ring (bicyclic) bond motifs is 1. The van der Waals surface area contributed by atoms with Crippen LogP contribution in [0.3, 0.4) is 0 Å². The van der Waals surface area contributed by atoms with Crippen LogP contribution in [0.4, 0.5) is 8.78 Å². The molecule has 1 N–H and O–H groups in total. The van der Waals surface area contributed by atoms with Crippen LogP contribution in [0.15, 0.2) is 22.7 Å². The monoisotopic (exact) mass is 379 g/mol. The first-order valence-electron chi connectivity index (χ1n) is 8.21. The van der Waals surface area contributed by atoms with E-state index in [1.54, 1.807) is 18.2 Å². The first-order valence-corrected chi connectivity index (χ1v) is 8.94. The van der Waals surface area contributed by atoms with Gasteiger partial charge in [-0.2, -0.15) is 13.7 Å². The maximum atomic E-state index is 13.2. The Labute approximate surface area is 151 Å². The molecule has 0 bridgehead atoms. The van der Waals surface area contributed by atoms with Gasteiger partial charge in [-0.15, -0.1) is 0 Å². The van der Waals surface area contributed by atoms with Crippen molar-refractivity contribution in [2.75, 3.05) is 0 Å². The van der Waals surface area contributed by atoms with Gasteiger partial charge < -0.3 is 9.84 Å². The van der Waals surface area contributed by atoms with Crippen LogP contribution < -0.4 is 5.32 Å². The van der Waals surface area contributed by atoms with Crippen LogP contribution in [0, 0.1) is 0 Å². The van der Waals surface area contributed by atoms with Gasteiger partial charge >= 0.3 is 0 Å². The van der Waals surface area contributed by atoms with Crippen molar-refractivity contribution in [1.29, 1.82) is 0 Å². The predicted octanol–water partition coefficient (Wildman–Crippen LogP) is 3.30. The molecule has 136 valence electrons. The summed E-state index contributed by atoms with van der Waals surface area (Å²) in [6.07, 6.45) is 0.346. The summed E-state index contributed by atoms with van der Waals surface area (Å²) in [5.74, 6) is -2.33. The summed E-state index contributed by atoms with van der Waals surface area (Å²) in [6, 6.07) is 5.06. The highest BCUT2D eigenvalue weighted by Gasteiger charge is 2.36. The molecular weight excluding hydrogens is 364 g/mol. The largest absolute Gasteiger partial charge is 0.343 e. The number of amides is 1. The maximum Gasteiger partial charge on any atom is 0.251 e. The second kappa shape index (κ2) is 6.67. The van der Waals surface area contributed by atoms with Crippen molar-refractivity contribution in [3.8, 4) is 0 Å². The van der Waals surface area contributed by atoms with Gasteiger partial charge in [0.2, 0.25) is 11.8 Å². The summed E-state index contributed by atoms with van der Waals surface area (Å²) in [5.41, 5.74) is 1.86. The highest BCUT2D eigenvalue weighted by molar-refractivity contribution is 7.00. The number of hydrogen-bond acceptors (Lipinski definition) is 7. The van der Waals surface area contributed by atoms with Crippen LogP contribution >= 0.6 is 11.7 Å². The minimum atomic E-state index is -2.59. The molecule has 1 aliphatic rings. The Morgan fingerprint density at radius 2 is 2.04 bits per heavy atom. The lowest BCUT2D eigenvalue weighted by Crippen LogP contribution is -2.24. The van der Waals surface area contributed by atoms with Crippen LogP contribution in [0.5, 0.6) is 0 Å². The summed E-state index contributed by atoms with van der Waals surface area (Å²) in [6.45, 7) is 0.0715. The van der Waals surface area contributed by atoms with E-state index in [-0.39, 0.29) is 37.1 Å². The molecule has 1 fully saturated rings. The lowest BCUT2D eigenvalue weighted by atomic mass is 9.86. The third kappa shape index (κ3) is 3.55. The number of halogens is 2. The molecule has 1 aliphatic carbocycles. The van der Waals surface area contributed by atoms with Gasteiger partial charge in [-0.25, -0.2) is 8.78 Å². The Hall–Kier alpha value is -2.49. The molecule has 1 aromatic carbocycles. The van der Waals surface area contributed by atoms with Crippen LogP contribution in [0.25, 0.3) is 11.0 Å². The third-order valence-electron chi connectivity index (χ3n) is 4.48. The molecule has 0 saturated heterocycles. The predicted molar refractivity (Wildman–Crippen MR) is 89.0 cm³/mol. The van der Waals surface area contributed by atoms with E-state index in [1.807, 2.05) is 0 Å². The van der Waals surface area contributed by atoms with E-state index in [4.69, 9.17) is 4.52 Å². The molecule has 4 rings (SSSR count). The van der Waals surface area contributed by atoms with E-state index in [2.05, 4.69) is 24.2 Å². The average Bonchev–Trinajstić information content (AvgIpc) is 3.28. The number of benzene rings is 1. The first kappa shape index (κ1) is 17.0. The topological polar surface area (TPSA) is 93.8 Å². The van der Waals surface area contributed by atoms with E-state index in [9.17, 15) is 13.6 Å². The Balaban J connectivity index is 1.36. The van der Waals surface area contributed by atoms with Crippen LogP contribution in [0.2, 0.25) is 0 Å². The summed E-state index contributed by atoms with van der Waals surface area (Å²) in [5, 5.41) is 6.57. The molecule has 0 spiro atoms. The number of carbonyl (C=O) groups is 1. The number of hydrogen-bond donors (Lipinski definition) is 1. The second-order valence-electron chi connectivity index (χ2n) is 6.33. The molecule has 0 aliphatic heterocycles. The summed E-state index contributed by atoms with van der Waals surface area (Å²) in [7, 11) is 0. The van der Waals surface area contributed by atoms with Crippen molar-refractivity contribution in [2.24, 2.45) is 0 Å². The smallest absolute Gasteiger partial charge is 0.251 e. The number of aromatic nitrogens is 4. The number of carbonyl (C=O) groups excluding carboxylic acids is 1. The van der Waals surface area contributed by atoms with Gasteiger partial charge in [0.15, 0.2) is 5.82 Å². The Bertz CT molecular complexity index is 932. The van der Waals surface area contributed by atoms with Crippen LogP contribution in [0.1, 0.15) is 53.7 Å². The molecule has 10 heteroatoms. The fourth-order valence-electron chi connectivity index (χ4n) is 2.99. The number of rotatable bonds is 4. The maximum absolute atomic E-state index is 13.2. The normalized spacial score (nSPS) is 17.5. The van der Waals surface area contributed by atoms with Gasteiger partial charge in [0.25, 0.3) is 5.91 Å². The zero-order valence-electron chi connectivity index (χ0n) is 13.6.